The molecule has 0 bridgehead atoms. The largest absolute Gasteiger partial charge is 0.449 e. The zero-order chi connectivity index (χ0) is 11.4. The maximum Gasteiger partial charge on any atom is 0.411 e. The van der Waals surface area contributed by atoms with Crippen molar-refractivity contribution < 1.29 is 9.53 Å². The van der Waals surface area contributed by atoms with Gasteiger partial charge in [-0.15, -0.1) is 0 Å². The summed E-state index contributed by atoms with van der Waals surface area (Å²) in [6, 6.07) is 6.97. The van der Waals surface area contributed by atoms with E-state index in [1.54, 1.807) is 24.3 Å². The van der Waals surface area contributed by atoms with E-state index >= 15 is 0 Å². The van der Waals surface area contributed by atoms with E-state index in [0.29, 0.717) is 18.0 Å². The number of nitrogen functional groups attached to an aromatic ring is 1. The third-order valence-electron chi connectivity index (χ3n) is 2.61. The molecule has 0 atom stereocenters. The molecule has 1 aromatic carbocycles. The summed E-state index contributed by atoms with van der Waals surface area (Å²) in [6.07, 6.45) is 3.14. The second-order valence-corrected chi connectivity index (χ2v) is 4.11. The molecule has 1 aliphatic carbocycles. The fourth-order valence-corrected chi connectivity index (χ4v) is 1.45. The quantitative estimate of drug-likeness (QED) is 0.766. The first-order valence-corrected chi connectivity index (χ1v) is 5.53. The van der Waals surface area contributed by atoms with E-state index in [1.165, 1.54) is 12.8 Å². The van der Waals surface area contributed by atoms with Crippen molar-refractivity contribution >= 4 is 17.5 Å². The summed E-state index contributed by atoms with van der Waals surface area (Å²) in [4.78, 5) is 11.3. The SMILES string of the molecule is Nc1ccc(NC(=O)OCCC2CC2)cc1. The Morgan fingerprint density at radius 2 is 2.06 bits per heavy atom. The Labute approximate surface area is 94.8 Å². The molecular formula is C12H16N2O2. The van der Waals surface area contributed by atoms with Crippen molar-refractivity contribution in [3.63, 3.8) is 0 Å². The smallest absolute Gasteiger partial charge is 0.411 e. The van der Waals surface area contributed by atoms with Gasteiger partial charge in [0.05, 0.1) is 6.61 Å². The number of ether oxygens (including phenoxy) is 1. The molecule has 1 aliphatic rings. The summed E-state index contributed by atoms with van der Waals surface area (Å²) in [7, 11) is 0. The van der Waals surface area contributed by atoms with Gasteiger partial charge >= 0.3 is 6.09 Å². The van der Waals surface area contributed by atoms with Gasteiger partial charge in [-0.25, -0.2) is 4.79 Å². The van der Waals surface area contributed by atoms with Crippen molar-refractivity contribution in [2.75, 3.05) is 17.7 Å². The summed E-state index contributed by atoms with van der Waals surface area (Å²) in [5, 5.41) is 2.65. The first-order chi connectivity index (χ1) is 7.74. The highest BCUT2D eigenvalue weighted by Gasteiger charge is 2.21. The van der Waals surface area contributed by atoms with Crippen LogP contribution in [0.5, 0.6) is 0 Å². The van der Waals surface area contributed by atoms with Crippen molar-refractivity contribution in [2.24, 2.45) is 5.92 Å². The van der Waals surface area contributed by atoms with E-state index in [4.69, 9.17) is 10.5 Å². The van der Waals surface area contributed by atoms with E-state index in [1.807, 2.05) is 0 Å². The molecule has 0 radical (unpaired) electrons. The van der Waals surface area contributed by atoms with Crippen molar-refractivity contribution in [3.8, 4) is 0 Å². The average Bonchev–Trinajstić information content (AvgIpc) is 3.05. The van der Waals surface area contributed by atoms with E-state index < -0.39 is 6.09 Å². The van der Waals surface area contributed by atoms with E-state index in [0.717, 1.165) is 12.3 Å². The summed E-state index contributed by atoms with van der Waals surface area (Å²) in [5.74, 6) is 0.782. The molecule has 4 heteroatoms. The van der Waals surface area contributed by atoms with Gasteiger partial charge in [-0.1, -0.05) is 12.8 Å². The summed E-state index contributed by atoms with van der Waals surface area (Å²) in [5.41, 5.74) is 6.91. The minimum absolute atomic E-state index is 0.398. The highest BCUT2D eigenvalue weighted by Crippen LogP contribution is 2.32. The van der Waals surface area contributed by atoms with Gasteiger partial charge in [-0.3, -0.25) is 5.32 Å². The third-order valence-corrected chi connectivity index (χ3v) is 2.61. The zero-order valence-corrected chi connectivity index (χ0v) is 9.11. The second kappa shape index (κ2) is 4.88. The highest BCUT2D eigenvalue weighted by molar-refractivity contribution is 5.84. The van der Waals surface area contributed by atoms with Gasteiger partial charge in [0.2, 0.25) is 0 Å². The number of hydrogen-bond donors (Lipinski definition) is 2. The number of nitrogens with one attached hydrogen (secondary N) is 1. The normalized spacial score (nSPS) is 14.5. The lowest BCUT2D eigenvalue weighted by atomic mass is 10.3. The van der Waals surface area contributed by atoms with Crippen molar-refractivity contribution in [2.45, 2.75) is 19.3 Å². The van der Waals surface area contributed by atoms with Crippen LogP contribution in [0.4, 0.5) is 16.2 Å². The molecule has 0 unspecified atom stereocenters. The Morgan fingerprint density at radius 1 is 1.38 bits per heavy atom. The van der Waals surface area contributed by atoms with Gasteiger partial charge in [0.1, 0.15) is 0 Å². The number of carbonyl (C=O) groups excluding carboxylic acids is 1. The Balaban J connectivity index is 1.70. The molecule has 4 nitrogen and oxygen atoms in total. The molecule has 0 aliphatic heterocycles. The van der Waals surface area contributed by atoms with Crippen LogP contribution in [-0.2, 0) is 4.74 Å². The van der Waals surface area contributed by atoms with Crippen LogP contribution in [0.2, 0.25) is 0 Å². The molecule has 0 aromatic heterocycles. The van der Waals surface area contributed by atoms with Crippen molar-refractivity contribution in [1.29, 1.82) is 0 Å². The van der Waals surface area contributed by atoms with E-state index in [9.17, 15) is 4.79 Å². The van der Waals surface area contributed by atoms with Gasteiger partial charge < -0.3 is 10.5 Å². The zero-order valence-electron chi connectivity index (χ0n) is 9.11. The molecule has 0 saturated heterocycles. The molecule has 1 amide bonds. The number of carbonyl (C=O) groups is 1. The fourth-order valence-electron chi connectivity index (χ4n) is 1.45. The van der Waals surface area contributed by atoms with E-state index in [2.05, 4.69) is 5.32 Å². The molecule has 2 rings (SSSR count). The van der Waals surface area contributed by atoms with Gasteiger partial charge in [0.25, 0.3) is 0 Å². The summed E-state index contributed by atoms with van der Waals surface area (Å²) >= 11 is 0. The maximum absolute atomic E-state index is 11.3. The van der Waals surface area contributed by atoms with Crippen LogP contribution in [0.3, 0.4) is 0 Å². The maximum atomic E-state index is 11.3. The van der Waals surface area contributed by atoms with Crippen LogP contribution in [-0.4, -0.2) is 12.7 Å². The average molecular weight is 220 g/mol. The van der Waals surface area contributed by atoms with E-state index in [-0.39, 0.29) is 0 Å². The minimum Gasteiger partial charge on any atom is -0.449 e. The lowest BCUT2D eigenvalue weighted by molar-refractivity contribution is 0.158. The first-order valence-electron chi connectivity index (χ1n) is 5.53. The highest BCUT2D eigenvalue weighted by atomic mass is 16.5. The molecule has 1 aromatic rings. The molecule has 1 saturated carbocycles. The van der Waals surface area contributed by atoms with Gasteiger partial charge in [-0.2, -0.15) is 0 Å². The van der Waals surface area contributed by atoms with Crippen LogP contribution in [0.15, 0.2) is 24.3 Å². The first kappa shape index (κ1) is 10.8. The van der Waals surface area contributed by atoms with Gasteiger partial charge in [0.15, 0.2) is 0 Å². The van der Waals surface area contributed by atoms with Crippen molar-refractivity contribution in [1.82, 2.24) is 0 Å². The molecule has 16 heavy (non-hydrogen) atoms. The molecule has 86 valence electrons. The molecule has 0 spiro atoms. The standard InChI is InChI=1S/C12H16N2O2/c13-10-3-5-11(6-4-10)14-12(15)16-8-7-9-1-2-9/h3-6,9H,1-2,7-8,13H2,(H,14,15). The van der Waals surface area contributed by atoms with Crippen LogP contribution in [0.1, 0.15) is 19.3 Å². The number of amides is 1. The van der Waals surface area contributed by atoms with Crippen LogP contribution < -0.4 is 11.1 Å². The predicted octanol–water partition coefficient (Wildman–Crippen LogP) is 2.62. The monoisotopic (exact) mass is 220 g/mol. The van der Waals surface area contributed by atoms with Crippen LogP contribution in [0, 0.1) is 5.92 Å². The van der Waals surface area contributed by atoms with Crippen LogP contribution in [0.25, 0.3) is 0 Å². The topological polar surface area (TPSA) is 64.3 Å². The number of rotatable bonds is 4. The third kappa shape index (κ3) is 3.46. The number of benzene rings is 1. The number of nitrogens with two attached hydrogens (primary N) is 1. The Morgan fingerprint density at radius 3 is 2.69 bits per heavy atom. The second-order valence-electron chi connectivity index (χ2n) is 4.11. The number of anilines is 2. The minimum atomic E-state index is -0.398. The Hall–Kier alpha value is -1.71. The lowest BCUT2D eigenvalue weighted by Gasteiger charge is -2.06. The number of hydrogen-bond acceptors (Lipinski definition) is 3. The Bertz CT molecular complexity index is 358. The molecule has 0 heterocycles. The van der Waals surface area contributed by atoms with Crippen LogP contribution >= 0.6 is 0 Å². The predicted molar refractivity (Wildman–Crippen MR) is 63.2 cm³/mol. The molecule has 3 N–H and O–H groups in total. The summed E-state index contributed by atoms with van der Waals surface area (Å²) < 4.78 is 5.05. The lowest BCUT2D eigenvalue weighted by Crippen LogP contribution is -2.14. The van der Waals surface area contributed by atoms with Gasteiger partial charge in [0, 0.05) is 11.4 Å². The van der Waals surface area contributed by atoms with Gasteiger partial charge in [-0.05, 0) is 36.6 Å². The molecular weight excluding hydrogens is 204 g/mol. The Kier molecular flexibility index (Phi) is 3.29. The summed E-state index contributed by atoms with van der Waals surface area (Å²) in [6.45, 7) is 0.505. The fraction of sp³-hybridized carbons (Fsp3) is 0.417. The van der Waals surface area contributed by atoms with Crippen molar-refractivity contribution in [3.05, 3.63) is 24.3 Å². The molecule has 1 fully saturated rings.